The second kappa shape index (κ2) is 7.35. The Bertz CT molecular complexity index is 1070. The molecule has 0 unspecified atom stereocenters. The number of aromatic nitrogens is 4. The van der Waals surface area contributed by atoms with Gasteiger partial charge in [-0.2, -0.15) is 15.0 Å². The maximum Gasteiger partial charge on any atom is 0.256 e. The minimum Gasteiger partial charge on any atom is -0.335 e. The number of nitrogens with zero attached hydrogens (tertiary/aromatic N) is 5. The highest BCUT2D eigenvalue weighted by molar-refractivity contribution is 5.98. The minimum atomic E-state index is 0.0944. The highest BCUT2D eigenvalue weighted by Crippen LogP contribution is 2.55. The molecule has 2 aromatic heterocycles. The molecule has 30 heavy (non-hydrogen) atoms. The molecule has 1 amide bonds. The number of hydrogen-bond acceptors (Lipinski definition) is 4. The average molecular weight is 402 g/mol. The number of benzene rings is 1. The highest BCUT2D eigenvalue weighted by Gasteiger charge is 2.53. The Morgan fingerprint density at radius 1 is 1.13 bits per heavy atom. The van der Waals surface area contributed by atoms with Crippen LogP contribution in [0.4, 0.5) is 0 Å². The van der Waals surface area contributed by atoms with Crippen molar-refractivity contribution < 1.29 is 4.79 Å². The Balaban J connectivity index is 1.42. The van der Waals surface area contributed by atoms with Crippen LogP contribution in [0.5, 0.6) is 0 Å². The summed E-state index contributed by atoms with van der Waals surface area (Å²) in [5.41, 5.74) is 4.98. The molecule has 1 saturated carbocycles. The number of carbonyl (C=O) groups excluding carboxylic acids is 1. The Hall–Kier alpha value is -3.02. The van der Waals surface area contributed by atoms with Gasteiger partial charge in [0.25, 0.3) is 5.91 Å². The second-order valence-corrected chi connectivity index (χ2v) is 8.94. The van der Waals surface area contributed by atoms with Gasteiger partial charge in [0.2, 0.25) is 0 Å². The molecule has 1 spiro atoms. The van der Waals surface area contributed by atoms with Crippen LogP contribution in [-0.2, 0) is 6.42 Å². The molecule has 1 atom stereocenters. The Morgan fingerprint density at radius 2 is 1.93 bits per heavy atom. The zero-order valence-electron chi connectivity index (χ0n) is 17.6. The van der Waals surface area contributed by atoms with E-state index in [0.29, 0.717) is 11.0 Å². The molecular formula is C24H27N5O. The normalized spacial score (nSPS) is 19.4. The van der Waals surface area contributed by atoms with Crippen molar-refractivity contribution in [1.82, 2.24) is 24.9 Å². The lowest BCUT2D eigenvalue weighted by Gasteiger charge is -2.26. The Morgan fingerprint density at radius 3 is 2.67 bits per heavy atom. The van der Waals surface area contributed by atoms with E-state index in [1.807, 2.05) is 38.1 Å². The lowest BCUT2D eigenvalue weighted by molar-refractivity contribution is 0.0724. The Labute approximate surface area is 176 Å². The van der Waals surface area contributed by atoms with Crippen molar-refractivity contribution in [2.24, 2.45) is 5.41 Å². The fourth-order valence-corrected chi connectivity index (χ4v) is 4.74. The lowest BCUT2D eigenvalue weighted by Crippen LogP contribution is -2.37. The smallest absolute Gasteiger partial charge is 0.256 e. The molecule has 0 radical (unpaired) electrons. The zero-order valence-corrected chi connectivity index (χ0v) is 17.6. The van der Waals surface area contributed by atoms with Crippen LogP contribution in [0.2, 0.25) is 0 Å². The summed E-state index contributed by atoms with van der Waals surface area (Å²) < 4.78 is 0. The van der Waals surface area contributed by atoms with Crippen LogP contribution in [0.1, 0.15) is 53.0 Å². The molecule has 5 rings (SSSR count). The van der Waals surface area contributed by atoms with Crippen LogP contribution in [0, 0.1) is 19.3 Å². The molecule has 1 aromatic carbocycles. The van der Waals surface area contributed by atoms with E-state index < -0.39 is 0 Å². The maximum absolute atomic E-state index is 13.7. The van der Waals surface area contributed by atoms with Crippen LogP contribution >= 0.6 is 0 Å². The van der Waals surface area contributed by atoms with E-state index in [1.54, 1.807) is 17.2 Å². The average Bonchev–Trinajstić information content (AvgIpc) is 3.13. The van der Waals surface area contributed by atoms with Crippen molar-refractivity contribution in [3.05, 3.63) is 71.3 Å². The lowest BCUT2D eigenvalue weighted by atomic mass is 9.99. The molecule has 1 aliphatic carbocycles. The van der Waals surface area contributed by atoms with Crippen molar-refractivity contribution in [3.8, 4) is 5.69 Å². The molecule has 2 aliphatic rings. The monoisotopic (exact) mass is 401 g/mol. The van der Waals surface area contributed by atoms with Gasteiger partial charge in [-0.1, -0.05) is 17.7 Å². The zero-order chi connectivity index (χ0) is 20.7. The molecular weight excluding hydrogens is 374 g/mol. The van der Waals surface area contributed by atoms with Gasteiger partial charge in [-0.25, -0.2) is 0 Å². The van der Waals surface area contributed by atoms with Gasteiger partial charge >= 0.3 is 0 Å². The minimum absolute atomic E-state index is 0.0944. The maximum atomic E-state index is 13.7. The summed E-state index contributed by atoms with van der Waals surface area (Å²) in [7, 11) is 0. The van der Waals surface area contributed by atoms with Crippen LogP contribution in [0.3, 0.4) is 0 Å². The van der Waals surface area contributed by atoms with Gasteiger partial charge in [-0.05, 0) is 75.6 Å². The number of hydrogen-bond donors (Lipinski definition) is 0. The Kier molecular flexibility index (Phi) is 4.65. The second-order valence-electron chi connectivity index (χ2n) is 8.94. The molecule has 3 heterocycles. The molecule has 0 N–H and O–H groups in total. The number of likely N-dealkylation sites (tertiary alicyclic amines) is 1. The SMILES string of the molecule is Cc1ccc(-n2nccn2)c(C(=O)N2CC3(CC3)C[C@H]2CCc2cccc(C)n2)c1. The highest BCUT2D eigenvalue weighted by atomic mass is 16.2. The number of rotatable bonds is 5. The molecule has 1 saturated heterocycles. The van der Waals surface area contributed by atoms with Gasteiger partial charge < -0.3 is 4.90 Å². The molecule has 154 valence electrons. The van der Waals surface area contributed by atoms with Crippen LogP contribution < -0.4 is 0 Å². The van der Waals surface area contributed by atoms with Gasteiger partial charge in [0, 0.05) is 24.0 Å². The fraction of sp³-hybridized carbons (Fsp3) is 0.417. The third-order valence-corrected chi connectivity index (χ3v) is 6.53. The van der Waals surface area contributed by atoms with E-state index in [-0.39, 0.29) is 11.9 Å². The number of pyridine rings is 1. The first-order chi connectivity index (χ1) is 14.5. The van der Waals surface area contributed by atoms with Gasteiger partial charge in [0.1, 0.15) is 0 Å². The van der Waals surface area contributed by atoms with E-state index in [0.717, 1.165) is 48.4 Å². The molecule has 2 fully saturated rings. The molecule has 0 bridgehead atoms. The van der Waals surface area contributed by atoms with Crippen LogP contribution in [-0.4, -0.2) is 43.4 Å². The summed E-state index contributed by atoms with van der Waals surface area (Å²) in [4.78, 5) is 22.1. The van der Waals surface area contributed by atoms with E-state index in [1.165, 1.54) is 12.8 Å². The number of aryl methyl sites for hydroxylation is 3. The summed E-state index contributed by atoms with van der Waals surface area (Å²) in [6.07, 6.45) is 8.70. The van der Waals surface area contributed by atoms with Gasteiger partial charge in [-0.3, -0.25) is 9.78 Å². The third-order valence-electron chi connectivity index (χ3n) is 6.53. The van der Waals surface area contributed by atoms with E-state index in [4.69, 9.17) is 0 Å². The summed E-state index contributed by atoms with van der Waals surface area (Å²) in [6, 6.07) is 12.3. The summed E-state index contributed by atoms with van der Waals surface area (Å²) in [5, 5.41) is 8.51. The number of amides is 1. The first kappa shape index (κ1) is 19.0. The van der Waals surface area contributed by atoms with Crippen molar-refractivity contribution in [2.75, 3.05) is 6.54 Å². The molecule has 6 heteroatoms. The third kappa shape index (κ3) is 3.62. The fourth-order valence-electron chi connectivity index (χ4n) is 4.74. The summed E-state index contributed by atoms with van der Waals surface area (Å²) in [6.45, 7) is 4.90. The number of carbonyl (C=O) groups is 1. The first-order valence-corrected chi connectivity index (χ1v) is 10.7. The van der Waals surface area contributed by atoms with Crippen molar-refractivity contribution in [3.63, 3.8) is 0 Å². The topological polar surface area (TPSA) is 63.9 Å². The molecule has 1 aliphatic heterocycles. The van der Waals surface area contributed by atoms with Crippen molar-refractivity contribution in [1.29, 1.82) is 0 Å². The largest absolute Gasteiger partial charge is 0.335 e. The van der Waals surface area contributed by atoms with Gasteiger partial charge in [0.05, 0.1) is 23.6 Å². The molecule has 6 nitrogen and oxygen atoms in total. The summed E-state index contributed by atoms with van der Waals surface area (Å²) >= 11 is 0. The first-order valence-electron chi connectivity index (χ1n) is 10.7. The van der Waals surface area contributed by atoms with Gasteiger partial charge in [-0.15, -0.1) is 0 Å². The standard InChI is InChI=1S/C24H27N5O/c1-17-6-9-22(29-25-12-13-26-29)21(14-17)23(30)28-16-24(10-11-24)15-20(28)8-7-19-5-3-4-18(2)27-19/h3-6,9,12-14,20H,7-8,10-11,15-16H2,1-2H3/t20-/m1/s1. The van der Waals surface area contributed by atoms with E-state index >= 15 is 0 Å². The van der Waals surface area contributed by atoms with Crippen LogP contribution in [0.25, 0.3) is 5.69 Å². The van der Waals surface area contributed by atoms with Crippen molar-refractivity contribution in [2.45, 2.75) is 52.0 Å². The quantitative estimate of drug-likeness (QED) is 0.650. The van der Waals surface area contributed by atoms with E-state index in [2.05, 4.69) is 32.2 Å². The summed E-state index contributed by atoms with van der Waals surface area (Å²) in [5.74, 6) is 0.0944. The predicted molar refractivity (Wildman–Crippen MR) is 114 cm³/mol. The van der Waals surface area contributed by atoms with E-state index in [9.17, 15) is 4.79 Å². The molecule has 3 aromatic rings. The van der Waals surface area contributed by atoms with Gasteiger partial charge in [0.15, 0.2) is 0 Å². The predicted octanol–water partition coefficient (Wildman–Crippen LogP) is 3.91. The van der Waals surface area contributed by atoms with Crippen LogP contribution in [0.15, 0.2) is 48.8 Å². The van der Waals surface area contributed by atoms with Crippen molar-refractivity contribution >= 4 is 5.91 Å².